The van der Waals surface area contributed by atoms with Crippen LogP contribution >= 0.6 is 15.2 Å². The van der Waals surface area contributed by atoms with Gasteiger partial charge in [-0.25, -0.2) is 9.97 Å². The van der Waals surface area contributed by atoms with E-state index in [0.29, 0.717) is 10.6 Å². The summed E-state index contributed by atoms with van der Waals surface area (Å²) in [5, 5.41) is 0.926. The molecule has 8 bridgehead atoms. The Morgan fingerprint density at radius 2 is 0.554 bits per heavy atom. The third-order valence-electron chi connectivity index (χ3n) is 12.0. The van der Waals surface area contributed by atoms with Crippen LogP contribution in [0.4, 0.5) is 0 Å². The Labute approximate surface area is 436 Å². The second-order valence-electron chi connectivity index (χ2n) is 23.1. The molecule has 0 fully saturated rings. The fraction of sp³-hybridized carbons (Fsp3) is 0.290. The van der Waals surface area contributed by atoms with Crippen molar-refractivity contribution in [3.8, 4) is 44.5 Å². The van der Waals surface area contributed by atoms with Gasteiger partial charge in [0.25, 0.3) is 0 Å². The molecule has 0 atom stereocenters. The maximum absolute atomic E-state index is 14.7. The first kappa shape index (κ1) is 52.6. The van der Waals surface area contributed by atoms with Gasteiger partial charge in [-0.05, 0) is 192 Å². The van der Waals surface area contributed by atoms with Gasteiger partial charge in [0.2, 0.25) is 0 Å². The summed E-state index contributed by atoms with van der Waals surface area (Å²) in [5.74, 6) is 0. The van der Waals surface area contributed by atoms with Crippen LogP contribution in [0.3, 0.4) is 0 Å². The van der Waals surface area contributed by atoms with Crippen LogP contribution in [0.25, 0.3) is 90.9 Å². The van der Waals surface area contributed by atoms with Gasteiger partial charge in [-0.15, -0.1) is 0 Å². The normalized spacial score (nSPS) is 13.5. The average molecular weight is 1030 g/mol. The zero-order valence-corrected chi connectivity index (χ0v) is 46.9. The van der Waals surface area contributed by atoms with Gasteiger partial charge >= 0.3 is 15.2 Å². The highest BCUT2D eigenvalue weighted by atomic mass is 31.2. The summed E-state index contributed by atoms with van der Waals surface area (Å²) in [7, 11) is -7.56. The highest BCUT2D eigenvalue weighted by Crippen LogP contribution is 2.55. The number of aryl methyl sites for hydroxylation is 2. The summed E-state index contributed by atoms with van der Waals surface area (Å²) < 4.78 is 54.4. The maximum Gasteiger partial charge on any atom is 0.362 e. The Morgan fingerprint density at radius 1 is 0.338 bits per heavy atom. The molecule has 10 nitrogen and oxygen atoms in total. The van der Waals surface area contributed by atoms with Gasteiger partial charge in [-0.1, -0.05) is 83.9 Å². The van der Waals surface area contributed by atoms with Gasteiger partial charge in [-0.2, -0.15) is 0 Å². The second kappa shape index (κ2) is 19.5. The molecule has 9 rings (SSSR count). The average Bonchev–Trinajstić information content (AvgIpc) is 4.14. The summed E-state index contributed by atoms with van der Waals surface area (Å²) >= 11 is 0. The quantitative estimate of drug-likeness (QED) is 0.130. The first-order chi connectivity index (χ1) is 34.6. The number of aromatic amines is 2. The van der Waals surface area contributed by atoms with E-state index in [1.54, 1.807) is 0 Å². The molecule has 74 heavy (non-hydrogen) atoms. The van der Waals surface area contributed by atoms with Crippen LogP contribution < -0.4 is 10.6 Å². The molecular formula is C62H68N4O6P2. The lowest BCUT2D eigenvalue weighted by molar-refractivity contribution is 0.0533. The number of rotatable bonds is 10. The van der Waals surface area contributed by atoms with E-state index in [9.17, 15) is 9.13 Å². The van der Waals surface area contributed by atoms with Gasteiger partial charge in [0.1, 0.15) is 0 Å². The SMILES string of the molecule is Cc1ccc(-c2c3nc(c(-c4ccc(P(=O)(OC(C)(C)C)OC(C)(C)C)cc4)c4ccc([nH]4)c(-c4ccc(C)cc4)c4nc(c(-c5ccc(P(=O)(OC(C)(C)C)OC(C)(C)C)cc5)c5ccc2[nH]5)C=C4)C=C3)cc1. The van der Waals surface area contributed by atoms with Crippen molar-refractivity contribution >= 4 is 72.2 Å². The zero-order valence-electron chi connectivity index (χ0n) is 45.1. The van der Waals surface area contributed by atoms with E-state index < -0.39 is 37.6 Å². The number of fused-ring (bicyclic) bond motifs is 8. The summed E-state index contributed by atoms with van der Waals surface area (Å²) in [6.45, 7) is 26.7. The van der Waals surface area contributed by atoms with Crippen molar-refractivity contribution in [1.82, 2.24) is 19.9 Å². The fourth-order valence-corrected chi connectivity index (χ4v) is 13.6. The molecule has 0 saturated heterocycles. The van der Waals surface area contributed by atoms with Gasteiger partial charge < -0.3 is 9.97 Å². The Bertz CT molecular complexity index is 3320. The Hall–Kier alpha value is -6.22. The maximum atomic E-state index is 14.7. The molecule has 0 radical (unpaired) electrons. The Morgan fingerprint density at radius 3 is 0.770 bits per heavy atom. The minimum absolute atomic E-state index is 0.463. The van der Waals surface area contributed by atoms with Crippen LogP contribution in [-0.2, 0) is 27.2 Å². The van der Waals surface area contributed by atoms with Crippen LogP contribution in [-0.4, -0.2) is 42.3 Å². The minimum atomic E-state index is -3.78. The van der Waals surface area contributed by atoms with Crippen LogP contribution in [0.5, 0.6) is 0 Å². The van der Waals surface area contributed by atoms with Crippen LogP contribution in [0, 0.1) is 13.8 Å². The minimum Gasteiger partial charge on any atom is -0.354 e. The van der Waals surface area contributed by atoms with E-state index in [4.69, 9.17) is 28.1 Å². The van der Waals surface area contributed by atoms with E-state index in [-0.39, 0.29) is 0 Å². The standard InChI is InChI=1S/C62H68N4O6P2/c1-39-15-19-41(20-16-39)55-47-31-35-51(63-47)57(43-23-27-45(28-24-43)73(67,69-59(3,4)5)70-60(6,7)8)53-37-33-49(65-53)56(42-21-17-40(2)18-22-42)50-34-38-54(66-50)58(52-36-32-48(55)64-52)44-25-29-46(30-26-44)74(68,71-61(9,10)11)72-62(12,13)14/h15-38,63,66H,1-14H3. The lowest BCUT2D eigenvalue weighted by Gasteiger charge is -2.32. The molecule has 0 spiro atoms. The molecule has 12 heteroatoms. The molecular weight excluding hydrogens is 959 g/mol. The number of nitrogens with one attached hydrogen (secondary N) is 2. The molecule has 7 aromatic rings. The molecule has 0 unspecified atom stereocenters. The molecule has 0 amide bonds. The first-order valence-electron chi connectivity index (χ1n) is 25.2. The third kappa shape index (κ3) is 11.7. The topological polar surface area (TPSA) is 128 Å². The predicted octanol–water partition coefficient (Wildman–Crippen LogP) is 16.8. The van der Waals surface area contributed by atoms with Crippen LogP contribution in [0.2, 0.25) is 0 Å². The van der Waals surface area contributed by atoms with E-state index in [1.807, 2.05) is 132 Å². The van der Waals surface area contributed by atoms with Gasteiger partial charge in [0, 0.05) is 44.3 Å². The summed E-state index contributed by atoms with van der Waals surface area (Å²) in [6.07, 6.45) is 8.26. The third-order valence-corrected chi connectivity index (χ3v) is 17.0. The van der Waals surface area contributed by atoms with Crippen molar-refractivity contribution in [3.63, 3.8) is 0 Å². The lowest BCUT2D eigenvalue weighted by Crippen LogP contribution is -2.28. The summed E-state index contributed by atoms with van der Waals surface area (Å²) in [4.78, 5) is 18.6. The van der Waals surface area contributed by atoms with Crippen molar-refractivity contribution in [1.29, 1.82) is 0 Å². The number of H-pyrrole nitrogens is 2. The van der Waals surface area contributed by atoms with Crippen molar-refractivity contribution in [2.75, 3.05) is 0 Å². The highest BCUT2D eigenvalue weighted by Gasteiger charge is 2.39. The summed E-state index contributed by atoms with van der Waals surface area (Å²) in [6, 6.07) is 40.6. The molecule has 2 aliphatic rings. The first-order valence-corrected chi connectivity index (χ1v) is 28.3. The Kier molecular flexibility index (Phi) is 13.9. The molecule has 5 heterocycles. The van der Waals surface area contributed by atoms with Crippen LogP contribution in [0.15, 0.2) is 121 Å². The van der Waals surface area contributed by atoms with E-state index in [2.05, 4.69) is 121 Å². The largest absolute Gasteiger partial charge is 0.362 e. The molecule has 2 N–H and O–H groups in total. The molecule has 4 aromatic carbocycles. The van der Waals surface area contributed by atoms with Gasteiger partial charge in [0.05, 0.1) is 55.8 Å². The predicted molar refractivity (Wildman–Crippen MR) is 308 cm³/mol. The van der Waals surface area contributed by atoms with Crippen molar-refractivity contribution in [2.45, 2.75) is 119 Å². The Balaban J connectivity index is 1.35. The van der Waals surface area contributed by atoms with Crippen molar-refractivity contribution in [3.05, 3.63) is 155 Å². The highest BCUT2D eigenvalue weighted by molar-refractivity contribution is 7.62. The monoisotopic (exact) mass is 1030 g/mol. The van der Waals surface area contributed by atoms with Crippen LogP contribution in [0.1, 0.15) is 117 Å². The molecule has 0 saturated carbocycles. The molecule has 3 aromatic heterocycles. The smallest absolute Gasteiger partial charge is 0.354 e. The number of hydrogen-bond donors (Lipinski definition) is 2. The number of benzene rings is 4. The van der Waals surface area contributed by atoms with Gasteiger partial charge in [0.15, 0.2) is 0 Å². The van der Waals surface area contributed by atoms with E-state index >= 15 is 0 Å². The van der Waals surface area contributed by atoms with Gasteiger partial charge in [-0.3, -0.25) is 27.2 Å². The van der Waals surface area contributed by atoms with E-state index in [0.717, 1.165) is 100 Å². The second-order valence-corrected chi connectivity index (χ2v) is 26.9. The number of aromatic nitrogens is 4. The van der Waals surface area contributed by atoms with E-state index in [1.165, 1.54) is 0 Å². The molecule has 0 aliphatic carbocycles. The number of nitrogens with zero attached hydrogens (tertiary/aromatic N) is 2. The van der Waals surface area contributed by atoms with Crippen molar-refractivity contribution in [2.24, 2.45) is 0 Å². The molecule has 2 aliphatic heterocycles. The lowest BCUT2D eigenvalue weighted by atomic mass is 10.0. The fourth-order valence-electron chi connectivity index (χ4n) is 9.17. The number of hydrogen-bond acceptors (Lipinski definition) is 8. The van der Waals surface area contributed by atoms with Crippen molar-refractivity contribution < 1.29 is 27.2 Å². The zero-order chi connectivity index (χ0) is 53.2. The summed E-state index contributed by atoms with van der Waals surface area (Å²) in [5.41, 5.74) is 13.0. The molecule has 382 valence electrons.